The van der Waals surface area contributed by atoms with Crippen LogP contribution in [0.2, 0.25) is 0 Å². The Morgan fingerprint density at radius 1 is 1.00 bits per heavy atom. The number of rotatable bonds is 5. The molecule has 0 bridgehead atoms. The van der Waals surface area contributed by atoms with Gasteiger partial charge in [0.1, 0.15) is 0 Å². The van der Waals surface area contributed by atoms with Gasteiger partial charge in [-0.15, -0.1) is 24.0 Å². The second-order valence-electron chi connectivity index (χ2n) is 6.29. The van der Waals surface area contributed by atoms with Gasteiger partial charge in [-0.05, 0) is 23.3 Å². The molecule has 0 aromatic heterocycles. The minimum Gasteiger partial charge on any atom is -0.364 e. The topological polar surface area (TPSA) is 30.9 Å². The second-order valence-corrected chi connectivity index (χ2v) is 6.29. The van der Waals surface area contributed by atoms with Crippen LogP contribution in [0.4, 0.5) is 5.69 Å². The molecule has 0 amide bonds. The maximum atomic E-state index is 4.39. The average Bonchev–Trinajstić information content (AvgIpc) is 3.18. The number of halogens is 1. The summed E-state index contributed by atoms with van der Waals surface area (Å²) in [4.78, 5) is 8.88. The summed E-state index contributed by atoms with van der Waals surface area (Å²) in [7, 11) is 3.89. The molecule has 1 aliphatic rings. The summed E-state index contributed by atoms with van der Waals surface area (Å²) >= 11 is 0. The number of hydrogen-bond donors (Lipinski definition) is 1. The smallest absolute Gasteiger partial charge is 0.193 e. The lowest BCUT2D eigenvalue weighted by Gasteiger charge is -2.22. The van der Waals surface area contributed by atoms with Crippen LogP contribution >= 0.6 is 24.0 Å². The zero-order chi connectivity index (χ0) is 17.5. The SMILES string of the molecule is CN=C(NCc1ccc(N2CC=CC2)cc1)N(C)Cc1ccccc1.I. The van der Waals surface area contributed by atoms with E-state index in [-0.39, 0.29) is 24.0 Å². The third kappa shape index (κ3) is 5.49. The molecule has 0 saturated heterocycles. The molecule has 0 fully saturated rings. The summed E-state index contributed by atoms with van der Waals surface area (Å²) in [5.74, 6) is 0.900. The van der Waals surface area contributed by atoms with E-state index in [4.69, 9.17) is 0 Å². The lowest BCUT2D eigenvalue weighted by molar-refractivity contribution is 0.476. The van der Waals surface area contributed by atoms with Gasteiger partial charge in [0.05, 0.1) is 0 Å². The number of guanidine groups is 1. The maximum absolute atomic E-state index is 4.39. The molecule has 0 saturated carbocycles. The predicted molar refractivity (Wildman–Crippen MR) is 121 cm³/mol. The van der Waals surface area contributed by atoms with Crippen LogP contribution in [0.3, 0.4) is 0 Å². The molecule has 0 aliphatic carbocycles. The average molecular weight is 462 g/mol. The lowest BCUT2D eigenvalue weighted by atomic mass is 10.2. The molecular formula is C21H27IN4. The Kier molecular flexibility index (Phi) is 7.97. The normalized spacial score (nSPS) is 13.5. The van der Waals surface area contributed by atoms with Gasteiger partial charge in [0.25, 0.3) is 0 Å². The first-order chi connectivity index (χ1) is 12.3. The standard InChI is InChI=1S/C21H26N4.HI/c1-22-21(24(2)17-19-8-4-3-5-9-19)23-16-18-10-12-20(13-11-18)25-14-6-7-15-25;/h3-13H,14-17H2,1-2H3,(H,22,23);1H. The fraction of sp³-hybridized carbons (Fsp3) is 0.286. The summed E-state index contributed by atoms with van der Waals surface area (Å²) in [5, 5.41) is 3.44. The molecule has 1 heterocycles. The van der Waals surface area contributed by atoms with Gasteiger partial charge in [0.15, 0.2) is 5.96 Å². The fourth-order valence-electron chi connectivity index (χ4n) is 3.01. The zero-order valence-electron chi connectivity index (χ0n) is 15.4. The van der Waals surface area contributed by atoms with Crippen LogP contribution in [0.15, 0.2) is 71.7 Å². The van der Waals surface area contributed by atoms with Gasteiger partial charge >= 0.3 is 0 Å². The maximum Gasteiger partial charge on any atom is 0.193 e. The number of benzene rings is 2. The van der Waals surface area contributed by atoms with Crippen LogP contribution in [0.1, 0.15) is 11.1 Å². The minimum atomic E-state index is 0. The Bertz CT molecular complexity index is 717. The van der Waals surface area contributed by atoms with Crippen molar-refractivity contribution in [2.75, 3.05) is 32.1 Å². The molecule has 0 spiro atoms. The summed E-state index contributed by atoms with van der Waals surface area (Å²) < 4.78 is 0. The quantitative estimate of drug-likeness (QED) is 0.317. The minimum absolute atomic E-state index is 0. The largest absolute Gasteiger partial charge is 0.364 e. The van der Waals surface area contributed by atoms with Crippen molar-refractivity contribution in [2.24, 2.45) is 4.99 Å². The molecule has 4 nitrogen and oxygen atoms in total. The molecule has 0 unspecified atom stereocenters. The van der Waals surface area contributed by atoms with Crippen molar-refractivity contribution in [1.29, 1.82) is 0 Å². The molecule has 0 atom stereocenters. The monoisotopic (exact) mass is 462 g/mol. The van der Waals surface area contributed by atoms with Crippen molar-refractivity contribution in [1.82, 2.24) is 10.2 Å². The van der Waals surface area contributed by atoms with E-state index in [1.165, 1.54) is 16.8 Å². The number of aliphatic imine (C=N–C) groups is 1. The summed E-state index contributed by atoms with van der Waals surface area (Å²) in [6.07, 6.45) is 4.42. The number of nitrogens with zero attached hydrogens (tertiary/aromatic N) is 3. The Balaban J connectivity index is 0.00000243. The van der Waals surface area contributed by atoms with Crippen LogP contribution in [-0.2, 0) is 13.1 Å². The van der Waals surface area contributed by atoms with Gasteiger partial charge in [-0.25, -0.2) is 0 Å². The van der Waals surface area contributed by atoms with Crippen molar-refractivity contribution >= 4 is 35.6 Å². The molecule has 0 radical (unpaired) electrons. The first-order valence-electron chi connectivity index (χ1n) is 8.71. The van der Waals surface area contributed by atoms with Gasteiger partial charge in [0.2, 0.25) is 0 Å². The highest BCUT2D eigenvalue weighted by Gasteiger charge is 2.08. The van der Waals surface area contributed by atoms with Crippen LogP contribution in [0.5, 0.6) is 0 Å². The van der Waals surface area contributed by atoms with Gasteiger partial charge in [-0.2, -0.15) is 0 Å². The number of anilines is 1. The van der Waals surface area contributed by atoms with E-state index in [0.717, 1.165) is 32.1 Å². The second kappa shape index (κ2) is 10.2. The van der Waals surface area contributed by atoms with Crippen molar-refractivity contribution < 1.29 is 0 Å². The first kappa shape index (κ1) is 20.3. The van der Waals surface area contributed by atoms with Crippen LogP contribution < -0.4 is 10.2 Å². The summed E-state index contributed by atoms with van der Waals surface area (Å²) in [6.45, 7) is 3.62. The van der Waals surface area contributed by atoms with E-state index in [9.17, 15) is 0 Å². The van der Waals surface area contributed by atoms with Gasteiger partial charge in [0, 0.05) is 46.0 Å². The molecular weight excluding hydrogens is 435 g/mol. The molecule has 1 N–H and O–H groups in total. The molecule has 2 aromatic carbocycles. The van der Waals surface area contributed by atoms with Crippen molar-refractivity contribution in [3.63, 3.8) is 0 Å². The zero-order valence-corrected chi connectivity index (χ0v) is 17.8. The molecule has 138 valence electrons. The van der Waals surface area contributed by atoms with Gasteiger partial charge in [-0.1, -0.05) is 54.6 Å². The van der Waals surface area contributed by atoms with Gasteiger partial charge in [-0.3, -0.25) is 4.99 Å². The first-order valence-corrected chi connectivity index (χ1v) is 8.71. The Morgan fingerprint density at radius 3 is 2.27 bits per heavy atom. The summed E-state index contributed by atoms with van der Waals surface area (Å²) in [5.41, 5.74) is 3.81. The van der Waals surface area contributed by atoms with Crippen LogP contribution in [0, 0.1) is 0 Å². The summed E-state index contributed by atoms with van der Waals surface area (Å²) in [6, 6.07) is 19.2. The highest BCUT2D eigenvalue weighted by Crippen LogP contribution is 2.17. The van der Waals surface area contributed by atoms with Gasteiger partial charge < -0.3 is 15.1 Å². The van der Waals surface area contributed by atoms with Crippen molar-refractivity contribution in [3.05, 3.63) is 77.9 Å². The fourth-order valence-corrected chi connectivity index (χ4v) is 3.01. The highest BCUT2D eigenvalue weighted by atomic mass is 127. The highest BCUT2D eigenvalue weighted by molar-refractivity contribution is 14.0. The van der Waals surface area contributed by atoms with Crippen LogP contribution in [0.25, 0.3) is 0 Å². The Morgan fingerprint density at radius 2 is 1.65 bits per heavy atom. The Labute approximate surface area is 173 Å². The molecule has 2 aromatic rings. The van der Waals surface area contributed by atoms with E-state index in [2.05, 4.69) is 87.8 Å². The van der Waals surface area contributed by atoms with E-state index in [1.807, 2.05) is 13.1 Å². The Hall–Kier alpha value is -2.02. The number of hydrogen-bond acceptors (Lipinski definition) is 2. The van der Waals surface area contributed by atoms with E-state index in [1.54, 1.807) is 0 Å². The molecule has 26 heavy (non-hydrogen) atoms. The lowest BCUT2D eigenvalue weighted by Crippen LogP contribution is -2.38. The van der Waals surface area contributed by atoms with E-state index < -0.39 is 0 Å². The third-order valence-electron chi connectivity index (χ3n) is 4.41. The molecule has 1 aliphatic heterocycles. The molecule has 3 rings (SSSR count). The van der Waals surface area contributed by atoms with E-state index >= 15 is 0 Å². The van der Waals surface area contributed by atoms with E-state index in [0.29, 0.717) is 0 Å². The predicted octanol–water partition coefficient (Wildman–Crippen LogP) is 3.89. The van der Waals surface area contributed by atoms with Crippen molar-refractivity contribution in [3.8, 4) is 0 Å². The number of nitrogens with one attached hydrogen (secondary N) is 1. The van der Waals surface area contributed by atoms with Crippen LogP contribution in [-0.4, -0.2) is 38.0 Å². The third-order valence-corrected chi connectivity index (χ3v) is 4.41. The van der Waals surface area contributed by atoms with Crippen molar-refractivity contribution in [2.45, 2.75) is 13.1 Å². The molecule has 5 heteroatoms.